The smallest absolute Gasteiger partial charge is 0.0349 e. The zero-order valence-electron chi connectivity index (χ0n) is 9.87. The van der Waals surface area contributed by atoms with Crippen LogP contribution in [0, 0.1) is 0 Å². The summed E-state index contributed by atoms with van der Waals surface area (Å²) in [6, 6.07) is 9.46. The molecule has 0 bridgehead atoms. The van der Waals surface area contributed by atoms with Crippen molar-refractivity contribution in [1.29, 1.82) is 0 Å². The molecule has 0 amide bonds. The van der Waals surface area contributed by atoms with E-state index < -0.39 is 0 Å². The van der Waals surface area contributed by atoms with E-state index in [1.807, 2.05) is 0 Å². The van der Waals surface area contributed by atoms with Gasteiger partial charge >= 0.3 is 0 Å². The van der Waals surface area contributed by atoms with E-state index in [-0.39, 0.29) is 0 Å². The Labute approximate surface area is 97.6 Å². The normalized spacial score (nSPS) is 24.6. The third kappa shape index (κ3) is 1.51. The molecule has 0 fully saturated rings. The van der Waals surface area contributed by atoms with Crippen LogP contribution in [0.15, 0.2) is 35.9 Å². The van der Waals surface area contributed by atoms with Crippen LogP contribution in [0.4, 0.5) is 0 Å². The molecule has 1 nitrogen and oxygen atoms in total. The number of benzene rings is 1. The molecule has 0 saturated heterocycles. The number of nitrogens with one attached hydrogen (secondary N) is 1. The molecule has 0 heterocycles. The Morgan fingerprint density at radius 2 is 2.19 bits per heavy atom. The highest BCUT2D eigenvalue weighted by molar-refractivity contribution is 5.43. The summed E-state index contributed by atoms with van der Waals surface area (Å²) < 4.78 is 0. The Bertz CT molecular complexity index is 419. The Hall–Kier alpha value is -1.08. The molecule has 0 aliphatic heterocycles. The van der Waals surface area contributed by atoms with Crippen LogP contribution in [0.3, 0.4) is 0 Å². The predicted octanol–water partition coefficient (Wildman–Crippen LogP) is 3.02. The first-order chi connectivity index (χ1) is 7.90. The fraction of sp³-hybridized carbons (Fsp3) is 0.467. The van der Waals surface area contributed by atoms with Crippen LogP contribution in [0.2, 0.25) is 0 Å². The minimum atomic E-state index is 0.581. The van der Waals surface area contributed by atoms with Crippen LogP contribution in [-0.2, 0) is 6.42 Å². The minimum absolute atomic E-state index is 0.581. The molecule has 1 aromatic rings. The van der Waals surface area contributed by atoms with E-state index in [1.54, 1.807) is 16.7 Å². The SMILES string of the molecule is CNC(C1=CCCC1)C1Cc2ccccc21. The molecule has 3 rings (SSSR count). The second-order valence-electron chi connectivity index (χ2n) is 4.95. The van der Waals surface area contributed by atoms with Crippen molar-refractivity contribution >= 4 is 0 Å². The van der Waals surface area contributed by atoms with Gasteiger partial charge < -0.3 is 5.32 Å². The number of hydrogen-bond donors (Lipinski definition) is 1. The van der Waals surface area contributed by atoms with Gasteiger partial charge in [-0.25, -0.2) is 0 Å². The van der Waals surface area contributed by atoms with E-state index in [2.05, 4.69) is 42.7 Å². The average molecular weight is 213 g/mol. The van der Waals surface area contributed by atoms with Gasteiger partial charge in [0, 0.05) is 12.0 Å². The quantitative estimate of drug-likeness (QED) is 0.761. The van der Waals surface area contributed by atoms with E-state index in [0.29, 0.717) is 12.0 Å². The summed E-state index contributed by atoms with van der Waals surface area (Å²) >= 11 is 0. The van der Waals surface area contributed by atoms with Gasteiger partial charge in [-0.15, -0.1) is 0 Å². The molecule has 1 aromatic carbocycles. The molecule has 2 atom stereocenters. The first-order valence-corrected chi connectivity index (χ1v) is 6.34. The standard InChI is InChI=1S/C15H19N/c1-16-15(11-6-2-3-7-11)14-10-12-8-4-5-9-13(12)14/h4-6,8-9,14-16H,2-3,7,10H2,1H3. The predicted molar refractivity (Wildman–Crippen MR) is 67.7 cm³/mol. The molecule has 0 aromatic heterocycles. The molecule has 16 heavy (non-hydrogen) atoms. The summed E-state index contributed by atoms with van der Waals surface area (Å²) in [4.78, 5) is 0. The fourth-order valence-corrected chi connectivity index (χ4v) is 3.22. The maximum Gasteiger partial charge on any atom is 0.0349 e. The highest BCUT2D eigenvalue weighted by Crippen LogP contribution is 2.41. The van der Waals surface area contributed by atoms with Crippen molar-refractivity contribution in [2.75, 3.05) is 7.05 Å². The number of allylic oxidation sites excluding steroid dienone is 1. The van der Waals surface area contributed by atoms with Gasteiger partial charge in [-0.2, -0.15) is 0 Å². The average Bonchev–Trinajstić information content (AvgIpc) is 2.79. The lowest BCUT2D eigenvalue weighted by Gasteiger charge is -2.37. The first-order valence-electron chi connectivity index (χ1n) is 6.34. The molecule has 0 radical (unpaired) electrons. The summed E-state index contributed by atoms with van der Waals surface area (Å²) in [5, 5.41) is 3.52. The highest BCUT2D eigenvalue weighted by atomic mass is 14.9. The molecular weight excluding hydrogens is 194 g/mol. The maximum atomic E-state index is 3.52. The van der Waals surface area contributed by atoms with E-state index in [1.165, 1.54) is 25.7 Å². The number of hydrogen-bond acceptors (Lipinski definition) is 1. The third-order valence-corrected chi connectivity index (χ3v) is 4.08. The van der Waals surface area contributed by atoms with E-state index in [9.17, 15) is 0 Å². The van der Waals surface area contributed by atoms with Crippen LogP contribution in [0.25, 0.3) is 0 Å². The third-order valence-electron chi connectivity index (χ3n) is 4.08. The van der Waals surface area contributed by atoms with E-state index in [0.717, 1.165) is 0 Å². The largest absolute Gasteiger partial charge is 0.313 e. The Morgan fingerprint density at radius 3 is 2.88 bits per heavy atom. The summed E-state index contributed by atoms with van der Waals surface area (Å²) in [5.74, 6) is 0.713. The highest BCUT2D eigenvalue weighted by Gasteiger charge is 2.33. The molecule has 2 aliphatic rings. The van der Waals surface area contributed by atoms with Crippen LogP contribution in [-0.4, -0.2) is 13.1 Å². The Kier molecular flexibility index (Phi) is 2.56. The van der Waals surface area contributed by atoms with Crippen LogP contribution < -0.4 is 5.32 Å². The zero-order valence-corrected chi connectivity index (χ0v) is 9.87. The van der Waals surface area contributed by atoms with Crippen molar-refractivity contribution < 1.29 is 0 Å². The second-order valence-corrected chi connectivity index (χ2v) is 4.95. The Balaban J connectivity index is 1.83. The minimum Gasteiger partial charge on any atom is -0.313 e. The van der Waals surface area contributed by atoms with Gasteiger partial charge in [0.1, 0.15) is 0 Å². The number of likely N-dealkylation sites (N-methyl/N-ethyl adjacent to an activating group) is 1. The van der Waals surface area contributed by atoms with Gasteiger partial charge in [0.05, 0.1) is 0 Å². The second kappa shape index (κ2) is 4.06. The van der Waals surface area contributed by atoms with Crippen molar-refractivity contribution in [1.82, 2.24) is 5.32 Å². The van der Waals surface area contributed by atoms with Gasteiger partial charge in [-0.1, -0.05) is 35.9 Å². The molecule has 0 spiro atoms. The van der Waals surface area contributed by atoms with Crippen molar-refractivity contribution in [2.24, 2.45) is 0 Å². The molecular formula is C15H19N. The summed E-state index contributed by atoms with van der Waals surface area (Å²) in [6.07, 6.45) is 7.62. The van der Waals surface area contributed by atoms with Crippen LogP contribution in [0.5, 0.6) is 0 Å². The van der Waals surface area contributed by atoms with Crippen molar-refractivity contribution in [2.45, 2.75) is 37.6 Å². The zero-order chi connectivity index (χ0) is 11.0. The lowest BCUT2D eigenvalue weighted by Crippen LogP contribution is -2.39. The van der Waals surface area contributed by atoms with Crippen molar-refractivity contribution in [3.63, 3.8) is 0 Å². The molecule has 84 valence electrons. The maximum absolute atomic E-state index is 3.52. The number of fused-ring (bicyclic) bond motifs is 1. The monoisotopic (exact) mass is 213 g/mol. The van der Waals surface area contributed by atoms with Gasteiger partial charge in [0.25, 0.3) is 0 Å². The van der Waals surface area contributed by atoms with Gasteiger partial charge in [-0.05, 0) is 43.9 Å². The van der Waals surface area contributed by atoms with Crippen molar-refractivity contribution in [3.05, 3.63) is 47.0 Å². The van der Waals surface area contributed by atoms with Crippen molar-refractivity contribution in [3.8, 4) is 0 Å². The van der Waals surface area contributed by atoms with E-state index in [4.69, 9.17) is 0 Å². The fourth-order valence-electron chi connectivity index (χ4n) is 3.22. The molecule has 1 heteroatoms. The molecule has 2 unspecified atom stereocenters. The lowest BCUT2D eigenvalue weighted by molar-refractivity contribution is 0.464. The van der Waals surface area contributed by atoms with E-state index >= 15 is 0 Å². The first kappa shape index (κ1) is 10.1. The summed E-state index contributed by atoms with van der Waals surface area (Å²) in [6.45, 7) is 0. The Morgan fingerprint density at radius 1 is 1.31 bits per heavy atom. The topological polar surface area (TPSA) is 12.0 Å². The van der Waals surface area contributed by atoms with Gasteiger partial charge in [0.15, 0.2) is 0 Å². The van der Waals surface area contributed by atoms with Gasteiger partial charge in [-0.3, -0.25) is 0 Å². The van der Waals surface area contributed by atoms with Crippen LogP contribution in [0.1, 0.15) is 36.3 Å². The van der Waals surface area contributed by atoms with Crippen LogP contribution >= 0.6 is 0 Å². The molecule has 0 saturated carbocycles. The molecule has 2 aliphatic carbocycles. The van der Waals surface area contributed by atoms with Gasteiger partial charge in [0.2, 0.25) is 0 Å². The molecule has 1 N–H and O–H groups in total. The summed E-state index contributed by atoms with van der Waals surface area (Å²) in [7, 11) is 2.10. The summed E-state index contributed by atoms with van der Waals surface area (Å²) in [5.41, 5.74) is 4.75. The lowest BCUT2D eigenvalue weighted by atomic mass is 9.71. The number of rotatable bonds is 3.